The number of rotatable bonds is 5. The molecule has 1 aromatic carbocycles. The zero-order valence-corrected chi connectivity index (χ0v) is 13.6. The minimum atomic E-state index is 0.175. The molecule has 1 heterocycles. The van der Waals surface area contributed by atoms with E-state index >= 15 is 0 Å². The lowest BCUT2D eigenvalue weighted by molar-refractivity contribution is -0.0679. The van der Waals surface area contributed by atoms with Crippen LogP contribution in [0, 0.1) is 5.92 Å². The lowest BCUT2D eigenvalue weighted by atomic mass is 9.81. The standard InChI is InChI=1S/C20H28O/c1-15(2)9-8-10-16(3)19-14-13-17(4)21-20(19)18-11-6-5-7-12-18/h5-7,9,11-12,17,19-20H,3,8,10,13-14H2,1-2,4H3/t17-,19+,20-/m0/s1. The van der Waals surface area contributed by atoms with Crippen molar-refractivity contribution in [3.63, 3.8) is 0 Å². The van der Waals surface area contributed by atoms with Crippen molar-refractivity contribution >= 4 is 0 Å². The summed E-state index contributed by atoms with van der Waals surface area (Å²) in [5, 5.41) is 0. The molecule has 1 fully saturated rings. The molecule has 0 radical (unpaired) electrons. The van der Waals surface area contributed by atoms with E-state index in [0.29, 0.717) is 12.0 Å². The van der Waals surface area contributed by atoms with Gasteiger partial charge < -0.3 is 4.74 Å². The van der Waals surface area contributed by atoms with Gasteiger partial charge in [-0.3, -0.25) is 0 Å². The van der Waals surface area contributed by atoms with Crippen LogP contribution < -0.4 is 0 Å². The van der Waals surface area contributed by atoms with Crippen LogP contribution in [0.4, 0.5) is 0 Å². The van der Waals surface area contributed by atoms with E-state index in [1.165, 1.54) is 23.1 Å². The molecule has 21 heavy (non-hydrogen) atoms. The van der Waals surface area contributed by atoms with Gasteiger partial charge in [0, 0.05) is 5.92 Å². The van der Waals surface area contributed by atoms with E-state index < -0.39 is 0 Å². The Morgan fingerprint density at radius 2 is 1.95 bits per heavy atom. The summed E-state index contributed by atoms with van der Waals surface area (Å²) in [6.45, 7) is 10.9. The normalized spacial score (nSPS) is 25.4. The Bertz CT molecular complexity index is 482. The van der Waals surface area contributed by atoms with Crippen LogP contribution in [0.3, 0.4) is 0 Å². The SMILES string of the molecule is C=C(CCC=C(C)C)[C@H]1CC[C@H](C)O[C@H]1c1ccccc1. The molecule has 114 valence electrons. The van der Waals surface area contributed by atoms with Gasteiger partial charge in [0.1, 0.15) is 0 Å². The predicted molar refractivity (Wildman–Crippen MR) is 90.3 cm³/mol. The lowest BCUT2D eigenvalue weighted by Gasteiger charge is -2.37. The average Bonchev–Trinajstić information content (AvgIpc) is 2.47. The van der Waals surface area contributed by atoms with Crippen molar-refractivity contribution in [2.24, 2.45) is 5.92 Å². The topological polar surface area (TPSA) is 9.23 Å². The van der Waals surface area contributed by atoms with Crippen LogP contribution in [0.2, 0.25) is 0 Å². The fraction of sp³-hybridized carbons (Fsp3) is 0.500. The first-order valence-electron chi connectivity index (χ1n) is 8.09. The first kappa shape index (κ1) is 16.0. The summed E-state index contributed by atoms with van der Waals surface area (Å²) in [4.78, 5) is 0. The average molecular weight is 284 g/mol. The summed E-state index contributed by atoms with van der Waals surface area (Å²) >= 11 is 0. The van der Waals surface area contributed by atoms with Crippen LogP contribution in [0.1, 0.15) is 58.1 Å². The van der Waals surface area contributed by atoms with Crippen LogP contribution >= 0.6 is 0 Å². The molecule has 1 saturated heterocycles. The summed E-state index contributed by atoms with van der Waals surface area (Å²) < 4.78 is 6.26. The molecular formula is C20H28O. The zero-order valence-electron chi connectivity index (χ0n) is 13.6. The molecule has 0 aromatic heterocycles. The molecule has 1 nitrogen and oxygen atoms in total. The first-order chi connectivity index (χ1) is 10.1. The zero-order chi connectivity index (χ0) is 15.2. The molecule has 0 amide bonds. The van der Waals surface area contributed by atoms with E-state index in [2.05, 4.69) is 63.8 Å². The highest BCUT2D eigenvalue weighted by Crippen LogP contribution is 2.41. The van der Waals surface area contributed by atoms with Crippen molar-refractivity contribution in [2.75, 3.05) is 0 Å². The van der Waals surface area contributed by atoms with Crippen molar-refractivity contribution in [3.05, 3.63) is 59.7 Å². The second kappa shape index (κ2) is 7.61. The fourth-order valence-electron chi connectivity index (χ4n) is 3.08. The van der Waals surface area contributed by atoms with Crippen molar-refractivity contribution < 1.29 is 4.74 Å². The van der Waals surface area contributed by atoms with Crippen LogP contribution in [0.25, 0.3) is 0 Å². The Labute approximate surface area is 129 Å². The van der Waals surface area contributed by atoms with Gasteiger partial charge in [0.05, 0.1) is 12.2 Å². The summed E-state index contributed by atoms with van der Waals surface area (Å²) in [6.07, 6.45) is 7.30. The minimum Gasteiger partial charge on any atom is -0.370 e. The molecule has 1 aliphatic heterocycles. The van der Waals surface area contributed by atoms with E-state index in [0.717, 1.165) is 19.3 Å². The number of benzene rings is 1. The molecule has 1 aliphatic rings. The van der Waals surface area contributed by atoms with Gasteiger partial charge in [-0.1, -0.05) is 54.1 Å². The summed E-state index contributed by atoms with van der Waals surface area (Å²) in [7, 11) is 0. The van der Waals surface area contributed by atoms with E-state index in [-0.39, 0.29) is 6.10 Å². The molecule has 1 heteroatoms. The lowest BCUT2D eigenvalue weighted by Crippen LogP contribution is -2.28. The Morgan fingerprint density at radius 1 is 1.24 bits per heavy atom. The Kier molecular flexibility index (Phi) is 5.81. The molecule has 0 bridgehead atoms. The van der Waals surface area contributed by atoms with Gasteiger partial charge in [0.2, 0.25) is 0 Å². The molecule has 0 saturated carbocycles. The quantitative estimate of drug-likeness (QED) is 0.617. The Hall–Kier alpha value is -1.34. The molecule has 0 N–H and O–H groups in total. The smallest absolute Gasteiger partial charge is 0.0893 e. The van der Waals surface area contributed by atoms with Gasteiger partial charge in [-0.05, 0) is 52.0 Å². The van der Waals surface area contributed by atoms with Gasteiger partial charge in [-0.2, -0.15) is 0 Å². The minimum absolute atomic E-state index is 0.175. The van der Waals surface area contributed by atoms with Crippen molar-refractivity contribution in [1.82, 2.24) is 0 Å². The van der Waals surface area contributed by atoms with Crippen LogP contribution in [-0.4, -0.2) is 6.10 Å². The third kappa shape index (κ3) is 4.57. The van der Waals surface area contributed by atoms with Gasteiger partial charge in [-0.25, -0.2) is 0 Å². The van der Waals surface area contributed by atoms with E-state index in [9.17, 15) is 0 Å². The van der Waals surface area contributed by atoms with Crippen LogP contribution in [-0.2, 0) is 4.74 Å². The Morgan fingerprint density at radius 3 is 2.62 bits per heavy atom. The first-order valence-corrected chi connectivity index (χ1v) is 8.09. The van der Waals surface area contributed by atoms with Crippen molar-refractivity contribution in [1.29, 1.82) is 0 Å². The maximum atomic E-state index is 6.26. The molecule has 0 unspecified atom stereocenters. The number of allylic oxidation sites excluding steroid dienone is 2. The fourth-order valence-corrected chi connectivity index (χ4v) is 3.08. The van der Waals surface area contributed by atoms with Gasteiger partial charge in [0.15, 0.2) is 0 Å². The molecular weight excluding hydrogens is 256 g/mol. The maximum Gasteiger partial charge on any atom is 0.0893 e. The number of hydrogen-bond acceptors (Lipinski definition) is 1. The summed E-state index contributed by atoms with van der Waals surface area (Å²) in [5.74, 6) is 0.453. The molecule has 0 aliphatic carbocycles. The predicted octanol–water partition coefficient (Wildman–Crippen LogP) is 5.85. The van der Waals surface area contributed by atoms with Gasteiger partial charge in [0.25, 0.3) is 0 Å². The van der Waals surface area contributed by atoms with Crippen LogP contribution in [0.5, 0.6) is 0 Å². The highest BCUT2D eigenvalue weighted by molar-refractivity contribution is 5.22. The van der Waals surface area contributed by atoms with Gasteiger partial charge >= 0.3 is 0 Å². The van der Waals surface area contributed by atoms with E-state index in [4.69, 9.17) is 4.74 Å². The number of hydrogen-bond donors (Lipinski definition) is 0. The highest BCUT2D eigenvalue weighted by Gasteiger charge is 2.31. The largest absolute Gasteiger partial charge is 0.370 e. The maximum absolute atomic E-state index is 6.26. The third-order valence-corrected chi connectivity index (χ3v) is 4.30. The molecule has 2 rings (SSSR count). The van der Waals surface area contributed by atoms with Crippen LogP contribution in [0.15, 0.2) is 54.1 Å². The number of ether oxygens (including phenoxy) is 1. The second-order valence-electron chi connectivity index (χ2n) is 6.44. The third-order valence-electron chi connectivity index (χ3n) is 4.30. The molecule has 1 aromatic rings. The second-order valence-corrected chi connectivity index (χ2v) is 6.44. The molecule has 3 atom stereocenters. The van der Waals surface area contributed by atoms with Crippen molar-refractivity contribution in [3.8, 4) is 0 Å². The van der Waals surface area contributed by atoms with E-state index in [1.807, 2.05) is 0 Å². The van der Waals surface area contributed by atoms with E-state index in [1.54, 1.807) is 0 Å². The summed E-state index contributed by atoms with van der Waals surface area (Å²) in [6, 6.07) is 10.6. The van der Waals surface area contributed by atoms with Crippen molar-refractivity contribution in [2.45, 2.75) is 58.7 Å². The highest BCUT2D eigenvalue weighted by atomic mass is 16.5. The van der Waals surface area contributed by atoms with Gasteiger partial charge in [-0.15, -0.1) is 0 Å². The summed E-state index contributed by atoms with van der Waals surface area (Å²) in [5.41, 5.74) is 4.02. The molecule has 0 spiro atoms. The Balaban J connectivity index is 2.08. The monoisotopic (exact) mass is 284 g/mol.